The summed E-state index contributed by atoms with van der Waals surface area (Å²) in [4.78, 5) is 1.34. The number of tetrazole rings is 1. The molecule has 6 heteroatoms. The summed E-state index contributed by atoms with van der Waals surface area (Å²) >= 11 is 1.78. The molecule has 1 N–H and O–H groups in total. The fourth-order valence-corrected chi connectivity index (χ4v) is 3.39. The standard InChI is InChI=1S/C16H19N5S/c1-12(2)16(14-9-6-10-22-14)17-11-15-18-19-20-21(15)13-7-4-3-5-8-13/h3-10,12,16-17H,11H2,1-2H3/t16-/m0/s1. The van der Waals surface area contributed by atoms with Gasteiger partial charge in [-0.1, -0.05) is 38.1 Å². The van der Waals surface area contributed by atoms with E-state index in [9.17, 15) is 0 Å². The monoisotopic (exact) mass is 313 g/mol. The number of nitrogens with zero attached hydrogens (tertiary/aromatic N) is 4. The van der Waals surface area contributed by atoms with Gasteiger partial charge < -0.3 is 5.32 Å². The molecule has 0 spiro atoms. The van der Waals surface area contributed by atoms with Gasteiger partial charge in [0, 0.05) is 10.9 Å². The van der Waals surface area contributed by atoms with Crippen LogP contribution in [0.5, 0.6) is 0 Å². The van der Waals surface area contributed by atoms with Crippen LogP contribution < -0.4 is 5.32 Å². The summed E-state index contributed by atoms with van der Waals surface area (Å²) in [5.41, 5.74) is 0.974. The summed E-state index contributed by atoms with van der Waals surface area (Å²) in [6, 6.07) is 14.5. The van der Waals surface area contributed by atoms with Crippen molar-refractivity contribution in [1.82, 2.24) is 25.5 Å². The molecule has 0 saturated carbocycles. The highest BCUT2D eigenvalue weighted by atomic mass is 32.1. The van der Waals surface area contributed by atoms with Gasteiger partial charge in [0.2, 0.25) is 0 Å². The summed E-state index contributed by atoms with van der Waals surface area (Å²) in [5, 5.41) is 17.7. The van der Waals surface area contributed by atoms with Crippen LogP contribution in [0.25, 0.3) is 5.69 Å². The summed E-state index contributed by atoms with van der Waals surface area (Å²) in [7, 11) is 0. The maximum atomic E-state index is 4.15. The predicted molar refractivity (Wildman–Crippen MR) is 87.9 cm³/mol. The highest BCUT2D eigenvalue weighted by molar-refractivity contribution is 7.10. The minimum Gasteiger partial charge on any atom is -0.302 e. The number of hydrogen-bond acceptors (Lipinski definition) is 5. The largest absolute Gasteiger partial charge is 0.302 e. The van der Waals surface area contributed by atoms with Crippen LogP contribution in [0.1, 0.15) is 30.6 Å². The lowest BCUT2D eigenvalue weighted by Crippen LogP contribution is -2.26. The van der Waals surface area contributed by atoms with Crippen molar-refractivity contribution in [3.63, 3.8) is 0 Å². The Labute approximate surface area is 134 Å². The van der Waals surface area contributed by atoms with Crippen molar-refractivity contribution in [2.45, 2.75) is 26.4 Å². The average Bonchev–Trinajstić information content (AvgIpc) is 3.19. The summed E-state index contributed by atoms with van der Waals surface area (Å²) < 4.78 is 1.78. The SMILES string of the molecule is CC(C)[C@H](NCc1nnnn1-c1ccccc1)c1cccs1. The van der Waals surface area contributed by atoms with Gasteiger partial charge in [0.1, 0.15) is 0 Å². The first-order valence-electron chi connectivity index (χ1n) is 7.35. The Morgan fingerprint density at radius 1 is 1.14 bits per heavy atom. The van der Waals surface area contributed by atoms with Gasteiger partial charge in [-0.3, -0.25) is 0 Å². The van der Waals surface area contributed by atoms with Gasteiger partial charge in [-0.25, -0.2) is 0 Å². The lowest BCUT2D eigenvalue weighted by Gasteiger charge is -2.21. The Hall–Kier alpha value is -2.05. The molecule has 0 unspecified atom stereocenters. The fraction of sp³-hybridized carbons (Fsp3) is 0.312. The van der Waals surface area contributed by atoms with Gasteiger partial charge in [-0.15, -0.1) is 16.4 Å². The second-order valence-electron chi connectivity index (χ2n) is 5.46. The van der Waals surface area contributed by atoms with Crippen LogP contribution in [0.3, 0.4) is 0 Å². The van der Waals surface area contributed by atoms with Crippen molar-refractivity contribution in [2.24, 2.45) is 5.92 Å². The number of para-hydroxylation sites is 1. The topological polar surface area (TPSA) is 55.6 Å². The molecule has 1 atom stereocenters. The normalized spacial score (nSPS) is 12.7. The van der Waals surface area contributed by atoms with Crippen molar-refractivity contribution in [3.8, 4) is 5.69 Å². The van der Waals surface area contributed by atoms with Gasteiger partial charge in [-0.05, 0) is 39.9 Å². The van der Waals surface area contributed by atoms with Crippen LogP contribution in [0.15, 0.2) is 47.8 Å². The molecule has 0 amide bonds. The Balaban J connectivity index is 1.76. The molecule has 5 nitrogen and oxygen atoms in total. The number of aromatic nitrogens is 4. The summed E-state index contributed by atoms with van der Waals surface area (Å²) in [5.74, 6) is 1.31. The molecule has 2 aromatic heterocycles. The van der Waals surface area contributed by atoms with Crippen LogP contribution in [0.4, 0.5) is 0 Å². The number of benzene rings is 1. The zero-order valence-corrected chi connectivity index (χ0v) is 13.5. The number of thiophene rings is 1. The van der Waals surface area contributed by atoms with Gasteiger partial charge in [-0.2, -0.15) is 4.68 Å². The first-order valence-corrected chi connectivity index (χ1v) is 8.23. The van der Waals surface area contributed by atoms with Crippen LogP contribution in [0, 0.1) is 5.92 Å². The molecule has 0 aliphatic rings. The molecular formula is C16H19N5S. The maximum absolute atomic E-state index is 4.15. The molecule has 3 rings (SSSR count). The van der Waals surface area contributed by atoms with Gasteiger partial charge >= 0.3 is 0 Å². The number of hydrogen-bond donors (Lipinski definition) is 1. The minimum absolute atomic E-state index is 0.306. The average molecular weight is 313 g/mol. The Morgan fingerprint density at radius 3 is 2.64 bits per heavy atom. The van der Waals surface area contributed by atoms with E-state index in [1.54, 1.807) is 16.0 Å². The molecular weight excluding hydrogens is 294 g/mol. The zero-order chi connectivity index (χ0) is 15.4. The summed E-state index contributed by atoms with van der Waals surface area (Å²) in [6.45, 7) is 5.07. The zero-order valence-electron chi connectivity index (χ0n) is 12.7. The van der Waals surface area contributed by atoms with Crippen molar-refractivity contribution in [2.75, 3.05) is 0 Å². The van der Waals surface area contributed by atoms with Crippen LogP contribution in [-0.2, 0) is 6.54 Å². The minimum atomic E-state index is 0.306. The van der Waals surface area contributed by atoms with E-state index >= 15 is 0 Å². The highest BCUT2D eigenvalue weighted by Crippen LogP contribution is 2.26. The predicted octanol–water partition coefficient (Wildman–Crippen LogP) is 3.21. The lowest BCUT2D eigenvalue weighted by atomic mass is 10.0. The van der Waals surface area contributed by atoms with E-state index in [0.717, 1.165) is 11.5 Å². The molecule has 114 valence electrons. The van der Waals surface area contributed by atoms with Crippen LogP contribution in [0.2, 0.25) is 0 Å². The van der Waals surface area contributed by atoms with E-state index in [2.05, 4.69) is 52.2 Å². The van der Waals surface area contributed by atoms with Crippen molar-refractivity contribution >= 4 is 11.3 Å². The highest BCUT2D eigenvalue weighted by Gasteiger charge is 2.18. The van der Waals surface area contributed by atoms with Crippen molar-refractivity contribution in [3.05, 3.63) is 58.5 Å². The summed E-state index contributed by atoms with van der Waals surface area (Å²) in [6.07, 6.45) is 0. The molecule has 0 aliphatic carbocycles. The molecule has 0 radical (unpaired) electrons. The van der Waals surface area contributed by atoms with E-state index < -0.39 is 0 Å². The molecule has 1 aromatic carbocycles. The molecule has 0 aliphatic heterocycles. The Bertz CT molecular complexity index is 690. The van der Waals surface area contributed by atoms with E-state index in [1.165, 1.54) is 4.88 Å². The van der Waals surface area contributed by atoms with E-state index in [0.29, 0.717) is 18.5 Å². The maximum Gasteiger partial charge on any atom is 0.170 e. The molecule has 3 aromatic rings. The van der Waals surface area contributed by atoms with E-state index in [1.807, 2.05) is 30.3 Å². The van der Waals surface area contributed by atoms with Crippen molar-refractivity contribution < 1.29 is 0 Å². The van der Waals surface area contributed by atoms with E-state index in [4.69, 9.17) is 0 Å². The van der Waals surface area contributed by atoms with Crippen LogP contribution in [-0.4, -0.2) is 20.2 Å². The third-order valence-corrected chi connectivity index (χ3v) is 4.49. The Kier molecular flexibility index (Phi) is 4.60. The number of rotatable bonds is 6. The molecule has 2 heterocycles. The smallest absolute Gasteiger partial charge is 0.170 e. The second-order valence-corrected chi connectivity index (χ2v) is 6.44. The second kappa shape index (κ2) is 6.81. The fourth-order valence-electron chi connectivity index (χ4n) is 2.42. The first-order chi connectivity index (χ1) is 10.8. The molecule has 0 fully saturated rings. The lowest BCUT2D eigenvalue weighted by molar-refractivity contribution is 0.409. The quantitative estimate of drug-likeness (QED) is 0.759. The molecule has 0 bridgehead atoms. The third-order valence-electron chi connectivity index (χ3n) is 3.53. The number of nitrogens with one attached hydrogen (secondary N) is 1. The third kappa shape index (κ3) is 3.23. The van der Waals surface area contributed by atoms with Crippen LogP contribution >= 0.6 is 11.3 Å². The van der Waals surface area contributed by atoms with Gasteiger partial charge in [0.15, 0.2) is 5.82 Å². The van der Waals surface area contributed by atoms with E-state index in [-0.39, 0.29) is 0 Å². The van der Waals surface area contributed by atoms with Gasteiger partial charge in [0.25, 0.3) is 0 Å². The van der Waals surface area contributed by atoms with Gasteiger partial charge in [0.05, 0.1) is 12.2 Å². The molecule has 22 heavy (non-hydrogen) atoms. The Morgan fingerprint density at radius 2 is 1.95 bits per heavy atom. The first kappa shape index (κ1) is 14.9. The van der Waals surface area contributed by atoms with Crippen molar-refractivity contribution in [1.29, 1.82) is 0 Å². The molecule has 0 saturated heterocycles.